The Morgan fingerprint density at radius 3 is 2.32 bits per heavy atom. The monoisotopic (exact) mass is 241 g/mol. The zero-order valence-corrected chi connectivity index (χ0v) is 10.3. The molecular weight excluding hydrogens is 230 g/mol. The van der Waals surface area contributed by atoms with Crippen LogP contribution in [0.5, 0.6) is 0 Å². The lowest BCUT2D eigenvalue weighted by Gasteiger charge is -2.02. The summed E-state index contributed by atoms with van der Waals surface area (Å²) >= 11 is 0. The van der Waals surface area contributed by atoms with Crippen LogP contribution >= 0.6 is 0 Å². The fourth-order valence-corrected chi connectivity index (χ4v) is 3.13. The summed E-state index contributed by atoms with van der Waals surface area (Å²) in [5.41, 5.74) is 6.71. The minimum Gasteiger partial charge on any atom is -0.305 e. The van der Waals surface area contributed by atoms with Gasteiger partial charge in [0.15, 0.2) is 0 Å². The van der Waals surface area contributed by atoms with Crippen LogP contribution in [0.15, 0.2) is 66.7 Å². The van der Waals surface area contributed by atoms with Crippen molar-refractivity contribution in [3.05, 3.63) is 66.7 Å². The minimum absolute atomic E-state index is 1.29. The molecule has 0 atom stereocenters. The topological polar surface area (TPSA) is 4.93 Å². The maximum absolute atomic E-state index is 2.36. The van der Waals surface area contributed by atoms with Crippen molar-refractivity contribution in [2.75, 3.05) is 0 Å². The normalized spacial score (nSPS) is 12.2. The van der Waals surface area contributed by atoms with Crippen LogP contribution in [0.1, 0.15) is 0 Å². The number of aromatic nitrogens is 1. The lowest BCUT2D eigenvalue weighted by Crippen LogP contribution is -1.80. The summed E-state index contributed by atoms with van der Waals surface area (Å²) in [5.74, 6) is 0. The fourth-order valence-electron chi connectivity index (χ4n) is 3.13. The molecule has 0 spiro atoms. The van der Waals surface area contributed by atoms with E-state index in [1.807, 2.05) is 0 Å². The lowest BCUT2D eigenvalue weighted by atomic mass is 10.0. The molecule has 0 aliphatic carbocycles. The van der Waals surface area contributed by atoms with E-state index >= 15 is 0 Å². The zero-order valence-electron chi connectivity index (χ0n) is 10.3. The number of rotatable bonds is 1. The highest BCUT2D eigenvalue weighted by atomic mass is 15.1. The molecule has 1 aliphatic rings. The first-order chi connectivity index (χ1) is 9.43. The van der Waals surface area contributed by atoms with Gasteiger partial charge in [-0.3, -0.25) is 0 Å². The molecule has 0 fully saturated rings. The molecule has 1 heteroatoms. The van der Waals surface area contributed by atoms with Crippen LogP contribution in [-0.4, -0.2) is 4.57 Å². The van der Waals surface area contributed by atoms with Crippen LogP contribution in [0.25, 0.3) is 38.6 Å². The van der Waals surface area contributed by atoms with E-state index in [0.717, 1.165) is 0 Å². The van der Waals surface area contributed by atoms with Crippen LogP contribution in [0, 0.1) is 0 Å². The number of fused-ring (bicyclic) bond motifs is 4. The van der Waals surface area contributed by atoms with E-state index in [2.05, 4.69) is 71.3 Å². The molecule has 0 radical (unpaired) electrons. The van der Waals surface area contributed by atoms with Crippen molar-refractivity contribution in [3.63, 3.8) is 0 Å². The van der Waals surface area contributed by atoms with Gasteiger partial charge in [-0.25, -0.2) is 0 Å². The average Bonchev–Trinajstić information content (AvgIpc) is 3.10. The van der Waals surface area contributed by atoms with Gasteiger partial charge in [-0.15, -0.1) is 0 Å². The Morgan fingerprint density at radius 1 is 0.632 bits per heavy atom. The Morgan fingerprint density at radius 2 is 1.42 bits per heavy atom. The van der Waals surface area contributed by atoms with Gasteiger partial charge < -0.3 is 4.57 Å². The van der Waals surface area contributed by atoms with Crippen LogP contribution in [-0.2, 0) is 0 Å². The molecule has 4 aromatic rings. The van der Waals surface area contributed by atoms with E-state index in [-0.39, 0.29) is 0 Å². The van der Waals surface area contributed by atoms with E-state index in [1.54, 1.807) is 0 Å². The Balaban J connectivity index is 1.87. The number of hydrogen-bond acceptors (Lipinski definition) is 0. The van der Waals surface area contributed by atoms with Gasteiger partial charge in [0.1, 0.15) is 0 Å². The Bertz CT molecular complexity index is 946. The van der Waals surface area contributed by atoms with Crippen molar-refractivity contribution in [2.45, 2.75) is 0 Å². The zero-order chi connectivity index (χ0) is 12.4. The molecule has 1 nitrogen and oxygen atoms in total. The number of nitrogens with zero attached hydrogens (tertiary/aromatic N) is 1. The number of pyridine rings is 1. The van der Waals surface area contributed by atoms with Gasteiger partial charge in [0.25, 0.3) is 0 Å². The van der Waals surface area contributed by atoms with Crippen molar-refractivity contribution in [1.82, 2.24) is 4.57 Å². The van der Waals surface area contributed by atoms with E-state index in [1.165, 1.54) is 38.6 Å². The van der Waals surface area contributed by atoms with Crippen LogP contribution in [0.4, 0.5) is 0 Å². The third-order valence-corrected chi connectivity index (χ3v) is 4.05. The van der Waals surface area contributed by atoms with E-state index < -0.39 is 0 Å². The minimum atomic E-state index is 1.29. The molecule has 0 amide bonds. The molecular formula is C18H11N. The molecule has 0 saturated heterocycles. The fraction of sp³-hybridized carbons (Fsp3) is 0. The third kappa shape index (κ3) is 1.10. The maximum Gasteiger partial charge on any atom is 0.0783 e. The Kier molecular flexibility index (Phi) is 1.52. The smallest absolute Gasteiger partial charge is 0.0783 e. The summed E-state index contributed by atoms with van der Waals surface area (Å²) in [5, 5.41) is 2.75. The summed E-state index contributed by atoms with van der Waals surface area (Å²) in [4.78, 5) is 0. The van der Waals surface area contributed by atoms with Crippen molar-refractivity contribution < 1.29 is 0 Å². The first kappa shape index (κ1) is 9.40. The molecule has 1 aromatic heterocycles. The molecule has 0 saturated carbocycles. The summed E-state index contributed by atoms with van der Waals surface area (Å²) in [6.45, 7) is 0. The second-order valence-corrected chi connectivity index (χ2v) is 5.11. The highest BCUT2D eigenvalue weighted by molar-refractivity contribution is 6.19. The van der Waals surface area contributed by atoms with Crippen molar-refractivity contribution in [3.8, 4) is 16.8 Å². The Hall–Kier alpha value is -2.54. The molecule has 5 rings (SSSR count). The highest BCUT2D eigenvalue weighted by Gasteiger charge is 2.26. The number of hydrogen-bond donors (Lipinski definition) is 0. The van der Waals surface area contributed by atoms with Gasteiger partial charge in [-0.2, -0.15) is 0 Å². The molecule has 2 heterocycles. The van der Waals surface area contributed by atoms with E-state index in [4.69, 9.17) is 0 Å². The highest BCUT2D eigenvalue weighted by Crippen LogP contribution is 2.46. The quantitative estimate of drug-likeness (QED) is 0.398. The molecule has 88 valence electrons. The predicted molar refractivity (Wildman–Crippen MR) is 79.8 cm³/mol. The SMILES string of the molecule is c1ccc(-c2cc3c4c(c2)c2ccccc2n4-3)cc1. The van der Waals surface area contributed by atoms with Crippen molar-refractivity contribution >= 4 is 21.8 Å². The first-order valence-corrected chi connectivity index (χ1v) is 6.56. The molecule has 19 heavy (non-hydrogen) atoms. The number of benzene rings is 3. The molecule has 0 N–H and O–H groups in total. The van der Waals surface area contributed by atoms with Gasteiger partial charge in [-0.05, 0) is 29.3 Å². The predicted octanol–water partition coefficient (Wildman–Crippen LogP) is 4.76. The molecule has 0 bridgehead atoms. The first-order valence-electron chi connectivity index (χ1n) is 6.56. The summed E-state index contributed by atoms with van der Waals surface area (Å²) < 4.78 is 2.36. The van der Waals surface area contributed by atoms with Gasteiger partial charge in [0.05, 0.1) is 16.7 Å². The van der Waals surface area contributed by atoms with Gasteiger partial charge in [0.2, 0.25) is 0 Å². The summed E-state index contributed by atoms with van der Waals surface area (Å²) in [6, 6.07) is 23.9. The van der Waals surface area contributed by atoms with Crippen LogP contribution in [0.2, 0.25) is 0 Å². The Labute approximate surface area is 110 Å². The third-order valence-electron chi connectivity index (χ3n) is 4.05. The molecule has 1 aliphatic heterocycles. The van der Waals surface area contributed by atoms with Crippen molar-refractivity contribution in [1.29, 1.82) is 0 Å². The number of para-hydroxylation sites is 1. The van der Waals surface area contributed by atoms with Crippen molar-refractivity contribution in [2.24, 2.45) is 0 Å². The standard InChI is InChI=1S/C18H11N/c1-2-6-12(7-3-1)13-10-15-14-8-4-5-9-16(14)19-17(11-13)18(15)19/h1-11H. The van der Waals surface area contributed by atoms with E-state index in [0.29, 0.717) is 0 Å². The van der Waals surface area contributed by atoms with Crippen LogP contribution < -0.4 is 0 Å². The lowest BCUT2D eigenvalue weighted by molar-refractivity contribution is 1.37. The molecule has 3 aromatic carbocycles. The van der Waals surface area contributed by atoms with Crippen LogP contribution in [0.3, 0.4) is 0 Å². The molecule has 0 unspecified atom stereocenters. The maximum atomic E-state index is 2.36. The van der Waals surface area contributed by atoms with E-state index in [9.17, 15) is 0 Å². The second kappa shape index (κ2) is 3.07. The second-order valence-electron chi connectivity index (χ2n) is 5.11. The summed E-state index contributed by atoms with van der Waals surface area (Å²) in [6.07, 6.45) is 0. The average molecular weight is 241 g/mol. The van der Waals surface area contributed by atoms with Gasteiger partial charge >= 0.3 is 0 Å². The largest absolute Gasteiger partial charge is 0.305 e. The van der Waals surface area contributed by atoms with Gasteiger partial charge in [0, 0.05) is 10.8 Å². The summed E-state index contributed by atoms with van der Waals surface area (Å²) in [7, 11) is 0. The van der Waals surface area contributed by atoms with Gasteiger partial charge in [-0.1, -0.05) is 48.5 Å².